The summed E-state index contributed by atoms with van der Waals surface area (Å²) in [6.07, 6.45) is 1.77. The van der Waals surface area contributed by atoms with Gasteiger partial charge in [-0.15, -0.1) is 0 Å². The number of aliphatic imine (C=N–C) groups is 1. The minimum absolute atomic E-state index is 0.133. The van der Waals surface area contributed by atoms with Gasteiger partial charge >= 0.3 is 0 Å². The predicted octanol–water partition coefficient (Wildman–Crippen LogP) is 1.58. The molecule has 0 aromatic heterocycles. The fraction of sp³-hybridized carbons (Fsp3) is 0.0909. The summed E-state index contributed by atoms with van der Waals surface area (Å²) < 4.78 is 0. The smallest absolute Gasteiger partial charge is 0.275 e. The van der Waals surface area contributed by atoms with Gasteiger partial charge in [0, 0.05) is 0 Å². The van der Waals surface area contributed by atoms with Crippen LogP contribution in [-0.4, -0.2) is 11.7 Å². The molecule has 14 heavy (non-hydrogen) atoms. The Kier molecular flexibility index (Phi) is 2.14. The van der Waals surface area contributed by atoms with Gasteiger partial charge in [0.1, 0.15) is 11.5 Å². The Morgan fingerprint density at radius 2 is 2.00 bits per heavy atom. The number of carbonyl (C=O) groups is 1. The van der Waals surface area contributed by atoms with Gasteiger partial charge < -0.3 is 5.32 Å². The molecule has 3 heteroatoms. The van der Waals surface area contributed by atoms with E-state index in [-0.39, 0.29) is 5.91 Å². The van der Waals surface area contributed by atoms with E-state index in [1.165, 1.54) is 0 Å². The van der Waals surface area contributed by atoms with Crippen molar-refractivity contribution in [3.8, 4) is 0 Å². The highest BCUT2D eigenvalue weighted by molar-refractivity contribution is 6.13. The van der Waals surface area contributed by atoms with Gasteiger partial charge in [0.15, 0.2) is 0 Å². The van der Waals surface area contributed by atoms with E-state index in [0.29, 0.717) is 11.5 Å². The Labute approximate surface area is 82.2 Å². The molecule has 70 valence electrons. The number of carbonyl (C=O) groups excluding carboxylic acids is 1. The van der Waals surface area contributed by atoms with E-state index in [1.54, 1.807) is 13.0 Å². The zero-order chi connectivity index (χ0) is 9.97. The summed E-state index contributed by atoms with van der Waals surface area (Å²) in [4.78, 5) is 15.4. The zero-order valence-corrected chi connectivity index (χ0v) is 7.82. The molecule has 1 heterocycles. The number of nitrogens with one attached hydrogen (secondary N) is 1. The summed E-state index contributed by atoms with van der Waals surface area (Å²) in [5.41, 5.74) is 1.45. The van der Waals surface area contributed by atoms with E-state index >= 15 is 0 Å². The minimum Gasteiger partial charge on any atom is -0.309 e. The largest absolute Gasteiger partial charge is 0.309 e. The molecule has 0 aliphatic carbocycles. The molecule has 0 atom stereocenters. The lowest BCUT2D eigenvalue weighted by atomic mass is 10.2. The molecule has 0 fully saturated rings. The second kappa shape index (κ2) is 3.46. The first kappa shape index (κ1) is 8.69. The molecule has 2 rings (SSSR count). The van der Waals surface area contributed by atoms with Gasteiger partial charge in [-0.05, 0) is 18.6 Å². The van der Waals surface area contributed by atoms with Crippen molar-refractivity contribution in [3.63, 3.8) is 0 Å². The molecule has 0 spiro atoms. The van der Waals surface area contributed by atoms with Crippen LogP contribution in [0.4, 0.5) is 0 Å². The van der Waals surface area contributed by atoms with Crippen molar-refractivity contribution in [3.05, 3.63) is 41.6 Å². The first-order valence-corrected chi connectivity index (χ1v) is 4.39. The van der Waals surface area contributed by atoms with E-state index in [0.717, 1.165) is 5.56 Å². The molecule has 1 aliphatic rings. The number of hydrogen-bond donors (Lipinski definition) is 1. The maximum atomic E-state index is 11.3. The fourth-order valence-corrected chi connectivity index (χ4v) is 1.29. The van der Waals surface area contributed by atoms with Crippen LogP contribution in [0, 0.1) is 0 Å². The summed E-state index contributed by atoms with van der Waals surface area (Å²) >= 11 is 0. The Hall–Kier alpha value is -1.90. The maximum Gasteiger partial charge on any atom is 0.275 e. The third kappa shape index (κ3) is 1.71. The lowest BCUT2D eigenvalue weighted by molar-refractivity contribution is -0.115. The lowest BCUT2D eigenvalue weighted by Crippen LogP contribution is -2.21. The molecule has 0 radical (unpaired) electrons. The van der Waals surface area contributed by atoms with Gasteiger partial charge in [0.05, 0.1) is 0 Å². The van der Waals surface area contributed by atoms with Gasteiger partial charge in [-0.3, -0.25) is 4.79 Å². The molecular formula is C11H10N2O. The van der Waals surface area contributed by atoms with Gasteiger partial charge in [-0.25, -0.2) is 4.99 Å². The first-order valence-electron chi connectivity index (χ1n) is 4.39. The molecule has 1 amide bonds. The summed E-state index contributed by atoms with van der Waals surface area (Å²) in [7, 11) is 0. The zero-order valence-electron chi connectivity index (χ0n) is 7.82. The number of amides is 1. The van der Waals surface area contributed by atoms with Crippen LogP contribution in [0.5, 0.6) is 0 Å². The van der Waals surface area contributed by atoms with Crippen LogP contribution < -0.4 is 5.32 Å². The third-order valence-electron chi connectivity index (χ3n) is 1.92. The highest BCUT2D eigenvalue weighted by Crippen LogP contribution is 2.11. The summed E-state index contributed by atoms with van der Waals surface area (Å²) in [6.45, 7) is 1.77. The normalized spacial score (nSPS) is 18.2. The van der Waals surface area contributed by atoms with Crippen molar-refractivity contribution in [2.24, 2.45) is 4.99 Å². The number of benzene rings is 1. The van der Waals surface area contributed by atoms with E-state index in [4.69, 9.17) is 0 Å². The van der Waals surface area contributed by atoms with Crippen molar-refractivity contribution >= 4 is 17.8 Å². The highest BCUT2D eigenvalue weighted by atomic mass is 16.2. The average molecular weight is 186 g/mol. The standard InChI is InChI=1S/C11H10N2O/c1-8-12-10(11(14)13-8)7-9-5-3-2-4-6-9/h2-7H,1H3,(H,12,13,14). The molecule has 3 nitrogen and oxygen atoms in total. The minimum atomic E-state index is -0.133. The van der Waals surface area contributed by atoms with Crippen molar-refractivity contribution < 1.29 is 4.79 Å². The van der Waals surface area contributed by atoms with Crippen LogP contribution in [-0.2, 0) is 4.79 Å². The van der Waals surface area contributed by atoms with Gasteiger partial charge in [0.2, 0.25) is 0 Å². The second-order valence-electron chi connectivity index (χ2n) is 3.09. The molecule has 0 unspecified atom stereocenters. The topological polar surface area (TPSA) is 41.5 Å². The van der Waals surface area contributed by atoms with Crippen LogP contribution in [0.15, 0.2) is 41.0 Å². The third-order valence-corrected chi connectivity index (χ3v) is 1.92. The van der Waals surface area contributed by atoms with Gasteiger partial charge in [-0.1, -0.05) is 30.3 Å². The molecule has 1 N–H and O–H groups in total. The predicted molar refractivity (Wildman–Crippen MR) is 55.7 cm³/mol. The van der Waals surface area contributed by atoms with Crippen molar-refractivity contribution in [1.82, 2.24) is 5.32 Å². The fourth-order valence-electron chi connectivity index (χ4n) is 1.29. The van der Waals surface area contributed by atoms with Crippen LogP contribution >= 0.6 is 0 Å². The van der Waals surface area contributed by atoms with E-state index in [1.807, 2.05) is 30.3 Å². The average Bonchev–Trinajstić information content (AvgIpc) is 2.47. The van der Waals surface area contributed by atoms with Crippen molar-refractivity contribution in [2.75, 3.05) is 0 Å². The van der Waals surface area contributed by atoms with Crippen LogP contribution in [0.3, 0.4) is 0 Å². The van der Waals surface area contributed by atoms with E-state index in [2.05, 4.69) is 10.3 Å². The van der Waals surface area contributed by atoms with Gasteiger partial charge in [0.25, 0.3) is 5.91 Å². The first-order chi connectivity index (χ1) is 6.75. The quantitative estimate of drug-likeness (QED) is 0.664. The number of nitrogens with zero attached hydrogens (tertiary/aromatic N) is 1. The number of hydrogen-bond acceptors (Lipinski definition) is 2. The van der Waals surface area contributed by atoms with Crippen molar-refractivity contribution in [2.45, 2.75) is 6.92 Å². The monoisotopic (exact) mass is 186 g/mol. The van der Waals surface area contributed by atoms with Gasteiger partial charge in [-0.2, -0.15) is 0 Å². The molecular weight excluding hydrogens is 176 g/mol. The van der Waals surface area contributed by atoms with Crippen molar-refractivity contribution in [1.29, 1.82) is 0 Å². The molecule has 1 aliphatic heterocycles. The molecule has 0 saturated carbocycles. The van der Waals surface area contributed by atoms with E-state index < -0.39 is 0 Å². The molecule has 1 aromatic rings. The highest BCUT2D eigenvalue weighted by Gasteiger charge is 2.15. The summed E-state index contributed by atoms with van der Waals surface area (Å²) in [5.74, 6) is 0.517. The Bertz CT molecular complexity index is 418. The maximum absolute atomic E-state index is 11.3. The van der Waals surface area contributed by atoms with E-state index in [9.17, 15) is 4.79 Å². The van der Waals surface area contributed by atoms with Crippen LogP contribution in [0.25, 0.3) is 6.08 Å². The summed E-state index contributed by atoms with van der Waals surface area (Å²) in [5, 5.41) is 2.63. The molecule has 1 aromatic carbocycles. The Morgan fingerprint density at radius 3 is 2.57 bits per heavy atom. The van der Waals surface area contributed by atoms with Crippen LogP contribution in [0.2, 0.25) is 0 Å². The Morgan fingerprint density at radius 1 is 1.29 bits per heavy atom. The second-order valence-corrected chi connectivity index (χ2v) is 3.09. The molecule has 0 bridgehead atoms. The molecule has 0 saturated heterocycles. The Balaban J connectivity index is 2.32. The number of rotatable bonds is 1. The summed E-state index contributed by atoms with van der Waals surface area (Å²) in [6, 6.07) is 9.66. The van der Waals surface area contributed by atoms with Crippen LogP contribution in [0.1, 0.15) is 12.5 Å². The number of amidine groups is 1. The SMILES string of the molecule is CC1=NC(=Cc2ccccc2)C(=O)N1. The lowest BCUT2D eigenvalue weighted by Gasteiger charge is -1.92.